The zero-order valence-electron chi connectivity index (χ0n) is 6.03. The topological polar surface area (TPSA) is 0 Å². The van der Waals surface area contributed by atoms with Crippen LogP contribution in [-0.2, 0) is 0 Å². The lowest BCUT2D eigenvalue weighted by Gasteiger charge is -1.95. The summed E-state index contributed by atoms with van der Waals surface area (Å²) in [7, 11) is 0. The van der Waals surface area contributed by atoms with Crippen molar-refractivity contribution < 1.29 is 0 Å². The molecule has 0 saturated carbocycles. The maximum Gasteiger partial charge on any atom is 0.00315 e. The van der Waals surface area contributed by atoms with E-state index in [2.05, 4.69) is 34.6 Å². The summed E-state index contributed by atoms with van der Waals surface area (Å²) < 4.78 is 0. The summed E-state index contributed by atoms with van der Waals surface area (Å²) in [6.45, 7) is 2.23. The zero-order valence-corrected chi connectivity index (χ0v) is 8.43. The first-order valence-electron chi connectivity index (χ1n) is 3.55. The molecule has 56 valence electrons. The van der Waals surface area contributed by atoms with Crippen LogP contribution < -0.4 is 0 Å². The van der Waals surface area contributed by atoms with Gasteiger partial charge in [0.1, 0.15) is 0 Å². The summed E-state index contributed by atoms with van der Waals surface area (Å²) in [5.41, 5.74) is 0. The molecule has 0 rings (SSSR count). The summed E-state index contributed by atoms with van der Waals surface area (Å²) in [6, 6.07) is 0. The van der Waals surface area contributed by atoms with Gasteiger partial charge in [-0.25, -0.2) is 0 Å². The lowest BCUT2D eigenvalue weighted by atomic mass is 10.4. The van der Waals surface area contributed by atoms with Crippen LogP contribution in [0.4, 0.5) is 0 Å². The highest BCUT2D eigenvalue weighted by atomic mass is 79.9. The van der Waals surface area contributed by atoms with Gasteiger partial charge in [-0.05, 0) is 30.8 Å². The molecule has 0 aliphatic rings. The van der Waals surface area contributed by atoms with Crippen LogP contribution in [0.2, 0.25) is 0 Å². The van der Waals surface area contributed by atoms with Crippen LogP contribution in [0.15, 0.2) is 0 Å². The van der Waals surface area contributed by atoms with Gasteiger partial charge in [0.2, 0.25) is 0 Å². The Kier molecular flexibility index (Phi) is 9.64. The molecule has 0 aromatic carbocycles. The fraction of sp³-hybridized carbons (Fsp3) is 1.00. The average molecular weight is 211 g/mol. The SMILES string of the molecule is CCCSCCCCBr. The van der Waals surface area contributed by atoms with Crippen LogP contribution in [0, 0.1) is 0 Å². The fourth-order valence-corrected chi connectivity index (χ4v) is 1.84. The molecule has 0 N–H and O–H groups in total. The van der Waals surface area contributed by atoms with E-state index in [1.54, 1.807) is 0 Å². The van der Waals surface area contributed by atoms with Crippen molar-refractivity contribution >= 4 is 27.7 Å². The molecular formula is C7H15BrS. The third-order valence-corrected chi connectivity index (χ3v) is 2.86. The van der Waals surface area contributed by atoms with E-state index in [9.17, 15) is 0 Å². The van der Waals surface area contributed by atoms with Gasteiger partial charge in [-0.2, -0.15) is 11.8 Å². The Hall–Kier alpha value is 0.830. The molecule has 0 bridgehead atoms. The van der Waals surface area contributed by atoms with Gasteiger partial charge >= 0.3 is 0 Å². The van der Waals surface area contributed by atoms with Crippen molar-refractivity contribution in [3.8, 4) is 0 Å². The second-order valence-corrected chi connectivity index (χ2v) is 4.03. The van der Waals surface area contributed by atoms with Crippen LogP contribution in [0.1, 0.15) is 26.2 Å². The molecule has 0 fully saturated rings. The summed E-state index contributed by atoms with van der Waals surface area (Å²) in [5.74, 6) is 2.68. The molecule has 0 aromatic rings. The smallest absolute Gasteiger partial charge is 0.00315 e. The average Bonchev–Trinajstić information content (AvgIpc) is 1.89. The van der Waals surface area contributed by atoms with Gasteiger partial charge in [0, 0.05) is 5.33 Å². The number of hydrogen-bond acceptors (Lipinski definition) is 1. The van der Waals surface area contributed by atoms with Crippen molar-refractivity contribution in [2.24, 2.45) is 0 Å². The van der Waals surface area contributed by atoms with E-state index >= 15 is 0 Å². The normalized spacial score (nSPS) is 10.0. The number of alkyl halides is 1. The van der Waals surface area contributed by atoms with Gasteiger partial charge in [0.25, 0.3) is 0 Å². The van der Waals surface area contributed by atoms with Crippen molar-refractivity contribution in [3.05, 3.63) is 0 Å². The predicted octanol–water partition coefficient (Wildman–Crippen LogP) is 3.30. The highest BCUT2D eigenvalue weighted by molar-refractivity contribution is 9.09. The number of unbranched alkanes of at least 4 members (excludes halogenated alkanes) is 1. The van der Waals surface area contributed by atoms with Crippen molar-refractivity contribution in [2.75, 3.05) is 16.8 Å². The molecule has 0 spiro atoms. The Bertz CT molecular complexity index is 42.2. The van der Waals surface area contributed by atoms with E-state index in [0.29, 0.717) is 0 Å². The predicted molar refractivity (Wildman–Crippen MR) is 50.6 cm³/mol. The van der Waals surface area contributed by atoms with Gasteiger partial charge in [0.05, 0.1) is 0 Å². The largest absolute Gasteiger partial charge is 0.162 e. The van der Waals surface area contributed by atoms with E-state index in [4.69, 9.17) is 0 Å². The van der Waals surface area contributed by atoms with E-state index in [-0.39, 0.29) is 0 Å². The Balaban J connectivity index is 2.60. The minimum Gasteiger partial charge on any atom is -0.162 e. The Labute approximate surface area is 70.9 Å². The van der Waals surface area contributed by atoms with E-state index < -0.39 is 0 Å². The highest BCUT2D eigenvalue weighted by Crippen LogP contribution is 2.06. The lowest BCUT2D eigenvalue weighted by molar-refractivity contribution is 0.911. The monoisotopic (exact) mass is 210 g/mol. The molecule has 0 heterocycles. The lowest BCUT2D eigenvalue weighted by Crippen LogP contribution is -1.82. The Morgan fingerprint density at radius 2 is 2.00 bits per heavy atom. The van der Waals surface area contributed by atoms with E-state index in [0.717, 1.165) is 0 Å². The molecule has 0 aliphatic carbocycles. The van der Waals surface area contributed by atoms with Gasteiger partial charge in [0.15, 0.2) is 0 Å². The maximum atomic E-state index is 3.41. The fourth-order valence-electron chi connectivity index (χ4n) is 0.545. The molecule has 0 atom stereocenters. The van der Waals surface area contributed by atoms with Gasteiger partial charge in [-0.15, -0.1) is 0 Å². The molecule has 2 heteroatoms. The quantitative estimate of drug-likeness (QED) is 0.479. The standard InChI is InChI=1S/C7H15BrS/c1-2-6-9-7-4-3-5-8/h2-7H2,1H3. The first-order valence-corrected chi connectivity index (χ1v) is 5.83. The molecular weight excluding hydrogens is 196 g/mol. The molecule has 0 aromatic heterocycles. The molecule has 0 amide bonds. The van der Waals surface area contributed by atoms with Gasteiger partial charge in [-0.3, -0.25) is 0 Å². The molecule has 0 unspecified atom stereocenters. The Morgan fingerprint density at radius 1 is 1.22 bits per heavy atom. The first kappa shape index (κ1) is 9.83. The third kappa shape index (κ3) is 8.83. The second kappa shape index (κ2) is 8.83. The minimum atomic E-state index is 1.17. The number of rotatable bonds is 6. The first-order chi connectivity index (χ1) is 4.41. The van der Waals surface area contributed by atoms with E-state index in [1.165, 1.54) is 36.1 Å². The van der Waals surface area contributed by atoms with Crippen molar-refractivity contribution in [2.45, 2.75) is 26.2 Å². The van der Waals surface area contributed by atoms with Gasteiger partial charge < -0.3 is 0 Å². The van der Waals surface area contributed by atoms with Crippen molar-refractivity contribution in [3.63, 3.8) is 0 Å². The summed E-state index contributed by atoms with van der Waals surface area (Å²) in [4.78, 5) is 0. The molecule has 0 nitrogen and oxygen atoms in total. The summed E-state index contributed by atoms with van der Waals surface area (Å²) in [6.07, 6.45) is 4.02. The zero-order chi connectivity index (χ0) is 6.95. The van der Waals surface area contributed by atoms with Gasteiger partial charge in [-0.1, -0.05) is 22.9 Å². The van der Waals surface area contributed by atoms with Crippen LogP contribution in [0.5, 0.6) is 0 Å². The molecule has 9 heavy (non-hydrogen) atoms. The van der Waals surface area contributed by atoms with Crippen LogP contribution >= 0.6 is 27.7 Å². The summed E-state index contributed by atoms with van der Waals surface area (Å²) >= 11 is 5.48. The molecule has 0 saturated heterocycles. The second-order valence-electron chi connectivity index (χ2n) is 2.01. The van der Waals surface area contributed by atoms with Crippen LogP contribution in [0.25, 0.3) is 0 Å². The minimum absolute atomic E-state index is 1.17. The summed E-state index contributed by atoms with van der Waals surface area (Å²) in [5, 5.41) is 1.17. The van der Waals surface area contributed by atoms with Crippen LogP contribution in [-0.4, -0.2) is 16.8 Å². The Morgan fingerprint density at radius 3 is 2.56 bits per heavy atom. The number of halogens is 1. The maximum absolute atomic E-state index is 3.41. The van der Waals surface area contributed by atoms with Crippen molar-refractivity contribution in [1.82, 2.24) is 0 Å². The van der Waals surface area contributed by atoms with Crippen molar-refractivity contribution in [1.29, 1.82) is 0 Å². The highest BCUT2D eigenvalue weighted by Gasteiger charge is 1.86. The number of hydrogen-bond donors (Lipinski definition) is 0. The van der Waals surface area contributed by atoms with E-state index in [1.807, 2.05) is 0 Å². The van der Waals surface area contributed by atoms with Crippen LogP contribution in [0.3, 0.4) is 0 Å². The molecule has 0 aliphatic heterocycles. The number of thioether (sulfide) groups is 1. The third-order valence-electron chi connectivity index (χ3n) is 1.02. The molecule has 0 radical (unpaired) electrons.